The van der Waals surface area contributed by atoms with Gasteiger partial charge in [-0.2, -0.15) is 0 Å². The molecule has 1 aromatic rings. The zero-order chi connectivity index (χ0) is 15.9. The van der Waals surface area contributed by atoms with E-state index in [9.17, 15) is 9.59 Å². The highest BCUT2D eigenvalue weighted by atomic mass is 16.5. The molecule has 1 fully saturated rings. The summed E-state index contributed by atoms with van der Waals surface area (Å²) in [6.45, 7) is 6.61. The zero-order valence-electron chi connectivity index (χ0n) is 12.7. The quantitative estimate of drug-likeness (QED) is 0.676. The molecule has 1 aliphatic heterocycles. The lowest BCUT2D eigenvalue weighted by atomic mass is 10.1. The number of anilines is 1. The minimum Gasteiger partial charge on any atom is -0.465 e. The van der Waals surface area contributed by atoms with Crippen molar-refractivity contribution < 1.29 is 14.3 Å². The van der Waals surface area contributed by atoms with Gasteiger partial charge in [0.05, 0.1) is 18.4 Å². The Morgan fingerprint density at radius 1 is 1.27 bits per heavy atom. The largest absolute Gasteiger partial charge is 0.465 e. The number of piperazine rings is 1. The van der Waals surface area contributed by atoms with E-state index in [-0.39, 0.29) is 12.0 Å². The van der Waals surface area contributed by atoms with E-state index in [4.69, 9.17) is 4.74 Å². The monoisotopic (exact) mass is 303 g/mol. The molecule has 1 saturated heterocycles. The third kappa shape index (κ3) is 3.58. The van der Waals surface area contributed by atoms with Crippen LogP contribution in [0.4, 0.5) is 10.5 Å². The SMILES string of the molecule is C=CCNC(=O)N1CCN(c2ccccc2C(=O)OC)CC1. The average Bonchev–Trinajstić information content (AvgIpc) is 2.59. The van der Waals surface area contributed by atoms with Crippen LogP contribution in [0.5, 0.6) is 0 Å². The molecule has 6 heteroatoms. The summed E-state index contributed by atoms with van der Waals surface area (Å²) in [6, 6.07) is 7.28. The Labute approximate surface area is 130 Å². The molecule has 0 aliphatic carbocycles. The standard InChI is InChI=1S/C16H21N3O3/c1-3-8-17-16(21)19-11-9-18(10-12-19)14-7-5-4-6-13(14)15(20)22-2/h3-7H,1,8-12H2,2H3,(H,17,21). The first kappa shape index (κ1) is 15.9. The Kier molecular flexibility index (Phi) is 5.41. The van der Waals surface area contributed by atoms with Crippen molar-refractivity contribution in [3.63, 3.8) is 0 Å². The Morgan fingerprint density at radius 3 is 2.59 bits per heavy atom. The van der Waals surface area contributed by atoms with E-state index in [0.29, 0.717) is 38.3 Å². The summed E-state index contributed by atoms with van der Waals surface area (Å²) in [5, 5.41) is 2.77. The van der Waals surface area contributed by atoms with Crippen molar-refractivity contribution >= 4 is 17.7 Å². The van der Waals surface area contributed by atoms with Crippen molar-refractivity contribution in [2.45, 2.75) is 0 Å². The number of nitrogens with one attached hydrogen (secondary N) is 1. The van der Waals surface area contributed by atoms with Crippen LogP contribution in [0.3, 0.4) is 0 Å². The van der Waals surface area contributed by atoms with Crippen LogP contribution in [0.2, 0.25) is 0 Å². The first-order valence-electron chi connectivity index (χ1n) is 7.23. The molecule has 2 amide bonds. The zero-order valence-corrected chi connectivity index (χ0v) is 12.7. The van der Waals surface area contributed by atoms with Gasteiger partial charge in [-0.15, -0.1) is 6.58 Å². The van der Waals surface area contributed by atoms with E-state index >= 15 is 0 Å². The predicted molar refractivity (Wildman–Crippen MR) is 85.2 cm³/mol. The van der Waals surface area contributed by atoms with Crippen molar-refractivity contribution in [2.75, 3.05) is 44.7 Å². The molecule has 1 aromatic carbocycles. The van der Waals surface area contributed by atoms with Gasteiger partial charge < -0.3 is 19.9 Å². The maximum absolute atomic E-state index is 11.9. The smallest absolute Gasteiger partial charge is 0.339 e. The van der Waals surface area contributed by atoms with E-state index < -0.39 is 0 Å². The number of amides is 2. The maximum atomic E-state index is 11.9. The summed E-state index contributed by atoms with van der Waals surface area (Å²) in [6.07, 6.45) is 1.65. The van der Waals surface area contributed by atoms with Crippen LogP contribution in [0.15, 0.2) is 36.9 Å². The molecule has 1 aliphatic rings. The number of benzene rings is 1. The fourth-order valence-corrected chi connectivity index (χ4v) is 2.45. The summed E-state index contributed by atoms with van der Waals surface area (Å²) in [7, 11) is 1.38. The number of ether oxygens (including phenoxy) is 1. The van der Waals surface area contributed by atoms with Gasteiger partial charge in [-0.05, 0) is 12.1 Å². The summed E-state index contributed by atoms with van der Waals surface area (Å²) >= 11 is 0. The summed E-state index contributed by atoms with van der Waals surface area (Å²) in [4.78, 5) is 27.6. The molecule has 1 heterocycles. The summed E-state index contributed by atoms with van der Waals surface area (Å²) in [5.41, 5.74) is 1.40. The van der Waals surface area contributed by atoms with Gasteiger partial charge in [0, 0.05) is 32.7 Å². The van der Waals surface area contributed by atoms with Crippen molar-refractivity contribution in [1.29, 1.82) is 0 Å². The number of urea groups is 1. The van der Waals surface area contributed by atoms with Gasteiger partial charge >= 0.3 is 12.0 Å². The van der Waals surface area contributed by atoms with Crippen LogP contribution in [-0.4, -0.2) is 56.7 Å². The predicted octanol–water partition coefficient (Wildman–Crippen LogP) is 1.49. The number of hydrogen-bond donors (Lipinski definition) is 1. The number of methoxy groups -OCH3 is 1. The van der Waals surface area contributed by atoms with Crippen LogP contribution < -0.4 is 10.2 Å². The summed E-state index contributed by atoms with van der Waals surface area (Å²) in [5.74, 6) is -0.346. The molecule has 0 unspecified atom stereocenters. The lowest BCUT2D eigenvalue weighted by Crippen LogP contribution is -2.52. The molecule has 0 aromatic heterocycles. The van der Waals surface area contributed by atoms with Crippen molar-refractivity contribution in [3.8, 4) is 0 Å². The minimum absolute atomic E-state index is 0.0826. The van der Waals surface area contributed by atoms with Gasteiger partial charge in [0.15, 0.2) is 0 Å². The maximum Gasteiger partial charge on any atom is 0.339 e. The second-order valence-electron chi connectivity index (χ2n) is 4.96. The van der Waals surface area contributed by atoms with Gasteiger partial charge in [0.1, 0.15) is 0 Å². The summed E-state index contributed by atoms with van der Waals surface area (Å²) < 4.78 is 4.82. The topological polar surface area (TPSA) is 61.9 Å². The van der Waals surface area contributed by atoms with Crippen LogP contribution in [0.1, 0.15) is 10.4 Å². The van der Waals surface area contributed by atoms with Crippen molar-refractivity contribution in [1.82, 2.24) is 10.2 Å². The minimum atomic E-state index is -0.346. The molecule has 1 N–H and O–H groups in total. The number of hydrogen-bond acceptors (Lipinski definition) is 4. The highest BCUT2D eigenvalue weighted by Gasteiger charge is 2.23. The first-order valence-corrected chi connectivity index (χ1v) is 7.23. The molecule has 0 radical (unpaired) electrons. The highest BCUT2D eigenvalue weighted by Crippen LogP contribution is 2.22. The molecule has 0 bridgehead atoms. The van der Waals surface area contributed by atoms with Gasteiger partial charge in [-0.25, -0.2) is 9.59 Å². The lowest BCUT2D eigenvalue weighted by Gasteiger charge is -2.36. The van der Waals surface area contributed by atoms with E-state index in [1.54, 1.807) is 17.0 Å². The lowest BCUT2D eigenvalue weighted by molar-refractivity contribution is 0.0601. The van der Waals surface area contributed by atoms with Gasteiger partial charge in [-0.3, -0.25) is 0 Å². The van der Waals surface area contributed by atoms with Gasteiger partial charge in [0.25, 0.3) is 0 Å². The average molecular weight is 303 g/mol. The van der Waals surface area contributed by atoms with Gasteiger partial charge in [-0.1, -0.05) is 18.2 Å². The fraction of sp³-hybridized carbons (Fsp3) is 0.375. The second-order valence-corrected chi connectivity index (χ2v) is 4.96. The molecular weight excluding hydrogens is 282 g/mol. The molecule has 118 valence electrons. The van der Waals surface area contributed by atoms with Crippen LogP contribution in [0, 0.1) is 0 Å². The number of carbonyl (C=O) groups excluding carboxylic acids is 2. The second kappa shape index (κ2) is 7.49. The first-order chi connectivity index (χ1) is 10.7. The molecule has 2 rings (SSSR count). The molecular formula is C16H21N3O3. The number of para-hydroxylation sites is 1. The molecule has 0 spiro atoms. The fourth-order valence-electron chi connectivity index (χ4n) is 2.45. The number of rotatable bonds is 4. The molecule has 22 heavy (non-hydrogen) atoms. The Morgan fingerprint density at radius 2 is 1.95 bits per heavy atom. The van der Waals surface area contributed by atoms with Crippen LogP contribution >= 0.6 is 0 Å². The molecule has 0 atom stereocenters. The van der Waals surface area contributed by atoms with Crippen LogP contribution in [0.25, 0.3) is 0 Å². The normalized spacial score (nSPS) is 14.4. The third-order valence-electron chi connectivity index (χ3n) is 3.61. The van der Waals surface area contributed by atoms with E-state index in [0.717, 1.165) is 5.69 Å². The van der Waals surface area contributed by atoms with Crippen molar-refractivity contribution in [3.05, 3.63) is 42.5 Å². The number of nitrogens with zero attached hydrogens (tertiary/aromatic N) is 2. The Bertz CT molecular complexity index is 551. The van der Waals surface area contributed by atoms with Crippen molar-refractivity contribution in [2.24, 2.45) is 0 Å². The molecule has 6 nitrogen and oxygen atoms in total. The van der Waals surface area contributed by atoms with E-state index in [1.165, 1.54) is 7.11 Å². The Balaban J connectivity index is 2.01. The number of carbonyl (C=O) groups is 2. The molecule has 0 saturated carbocycles. The van der Waals surface area contributed by atoms with E-state index in [1.807, 2.05) is 18.2 Å². The van der Waals surface area contributed by atoms with Crippen LogP contribution in [-0.2, 0) is 4.74 Å². The van der Waals surface area contributed by atoms with E-state index in [2.05, 4.69) is 16.8 Å². The third-order valence-corrected chi connectivity index (χ3v) is 3.61. The Hall–Kier alpha value is -2.50. The number of esters is 1. The highest BCUT2D eigenvalue weighted by molar-refractivity contribution is 5.95. The van der Waals surface area contributed by atoms with Gasteiger partial charge in [0.2, 0.25) is 0 Å².